The molecule has 5 nitrogen and oxygen atoms in total. The monoisotopic (exact) mass is 319 g/mol. The highest BCUT2D eigenvalue weighted by molar-refractivity contribution is 5.81. The molecule has 0 saturated carbocycles. The summed E-state index contributed by atoms with van der Waals surface area (Å²) in [5.41, 5.74) is 1.17. The van der Waals surface area contributed by atoms with E-state index in [4.69, 9.17) is 4.74 Å². The van der Waals surface area contributed by atoms with Gasteiger partial charge in [0.1, 0.15) is 12.4 Å². The van der Waals surface area contributed by atoms with Gasteiger partial charge in [-0.25, -0.2) is 0 Å². The number of benzene rings is 1. The van der Waals surface area contributed by atoms with Gasteiger partial charge in [-0.05, 0) is 45.5 Å². The zero-order valence-corrected chi connectivity index (χ0v) is 14.7. The van der Waals surface area contributed by atoms with Crippen LogP contribution in [0, 0.1) is 6.92 Å². The number of piperazine rings is 1. The van der Waals surface area contributed by atoms with Crippen LogP contribution in [-0.2, 0) is 4.79 Å². The molecule has 1 fully saturated rings. The van der Waals surface area contributed by atoms with Crippen molar-refractivity contribution in [3.63, 3.8) is 0 Å². The molecule has 0 spiro atoms. The highest BCUT2D eigenvalue weighted by Crippen LogP contribution is 2.13. The Hall–Kier alpha value is -1.59. The van der Waals surface area contributed by atoms with Crippen LogP contribution in [0.2, 0.25) is 0 Å². The quantitative estimate of drug-likeness (QED) is 0.808. The SMILES string of the molecule is Cc1cccc(OCCNC(=O)[C@H](C)N2CCN(C)C[C@H]2C)c1. The van der Waals surface area contributed by atoms with Crippen molar-refractivity contribution in [3.05, 3.63) is 29.8 Å². The zero-order valence-electron chi connectivity index (χ0n) is 14.7. The van der Waals surface area contributed by atoms with Crippen LogP contribution in [-0.4, -0.2) is 67.6 Å². The lowest BCUT2D eigenvalue weighted by Gasteiger charge is -2.41. The fourth-order valence-corrected chi connectivity index (χ4v) is 3.08. The second-order valence-corrected chi connectivity index (χ2v) is 6.48. The minimum Gasteiger partial charge on any atom is -0.492 e. The predicted octanol–water partition coefficient (Wildman–Crippen LogP) is 1.51. The van der Waals surface area contributed by atoms with Gasteiger partial charge in [-0.3, -0.25) is 9.69 Å². The van der Waals surface area contributed by atoms with Gasteiger partial charge in [0.2, 0.25) is 5.91 Å². The van der Waals surface area contributed by atoms with Crippen molar-refractivity contribution in [1.82, 2.24) is 15.1 Å². The summed E-state index contributed by atoms with van der Waals surface area (Å²) in [6, 6.07) is 8.24. The number of amides is 1. The van der Waals surface area contributed by atoms with Crippen LogP contribution in [0.15, 0.2) is 24.3 Å². The molecule has 1 heterocycles. The molecule has 2 atom stereocenters. The maximum atomic E-state index is 12.3. The molecular formula is C18H29N3O2. The topological polar surface area (TPSA) is 44.8 Å². The van der Waals surface area contributed by atoms with E-state index in [1.54, 1.807) is 0 Å². The Kier molecular flexibility index (Phi) is 6.42. The van der Waals surface area contributed by atoms with Gasteiger partial charge in [0.25, 0.3) is 0 Å². The fourth-order valence-electron chi connectivity index (χ4n) is 3.08. The molecule has 5 heteroatoms. The maximum absolute atomic E-state index is 12.3. The van der Waals surface area contributed by atoms with Crippen LogP contribution in [0.25, 0.3) is 0 Å². The third-order valence-electron chi connectivity index (χ3n) is 4.42. The summed E-state index contributed by atoms with van der Waals surface area (Å²) in [4.78, 5) is 16.9. The number of aryl methyl sites for hydroxylation is 1. The number of carbonyl (C=O) groups is 1. The first-order valence-corrected chi connectivity index (χ1v) is 8.39. The van der Waals surface area contributed by atoms with E-state index in [9.17, 15) is 4.79 Å². The van der Waals surface area contributed by atoms with Crippen LogP contribution < -0.4 is 10.1 Å². The van der Waals surface area contributed by atoms with E-state index in [1.165, 1.54) is 5.56 Å². The van der Waals surface area contributed by atoms with E-state index in [0.717, 1.165) is 25.4 Å². The summed E-state index contributed by atoms with van der Waals surface area (Å²) < 4.78 is 5.66. The van der Waals surface area contributed by atoms with Crippen LogP contribution in [0.5, 0.6) is 5.75 Å². The largest absolute Gasteiger partial charge is 0.492 e. The highest BCUT2D eigenvalue weighted by Gasteiger charge is 2.29. The molecule has 0 bridgehead atoms. The van der Waals surface area contributed by atoms with Gasteiger partial charge < -0.3 is 15.0 Å². The van der Waals surface area contributed by atoms with Crippen molar-refractivity contribution in [2.24, 2.45) is 0 Å². The fraction of sp³-hybridized carbons (Fsp3) is 0.611. The van der Waals surface area contributed by atoms with E-state index in [0.29, 0.717) is 19.2 Å². The summed E-state index contributed by atoms with van der Waals surface area (Å²) in [6.45, 7) is 10.2. The van der Waals surface area contributed by atoms with E-state index in [1.807, 2.05) is 38.1 Å². The lowest BCUT2D eigenvalue weighted by molar-refractivity contribution is -0.127. The lowest BCUT2D eigenvalue weighted by atomic mass is 10.1. The van der Waals surface area contributed by atoms with Crippen molar-refractivity contribution in [3.8, 4) is 5.75 Å². The van der Waals surface area contributed by atoms with E-state index in [2.05, 4.69) is 29.1 Å². The molecule has 0 aliphatic carbocycles. The Morgan fingerprint density at radius 3 is 2.91 bits per heavy atom. The Morgan fingerprint density at radius 2 is 2.22 bits per heavy atom. The Morgan fingerprint density at radius 1 is 1.43 bits per heavy atom. The molecule has 0 aromatic heterocycles. The van der Waals surface area contributed by atoms with Gasteiger partial charge in [0.15, 0.2) is 0 Å². The average Bonchev–Trinajstić information content (AvgIpc) is 2.51. The second kappa shape index (κ2) is 8.31. The normalized spacial score (nSPS) is 21.0. The number of rotatable bonds is 6. The van der Waals surface area contributed by atoms with Crippen LogP contribution in [0.3, 0.4) is 0 Å². The van der Waals surface area contributed by atoms with Gasteiger partial charge in [-0.2, -0.15) is 0 Å². The number of nitrogens with zero attached hydrogens (tertiary/aromatic N) is 2. The Bertz CT molecular complexity index is 521. The molecule has 1 aromatic rings. The van der Waals surface area contributed by atoms with Gasteiger partial charge in [-0.15, -0.1) is 0 Å². The first-order chi connectivity index (χ1) is 11.0. The molecule has 128 valence electrons. The lowest BCUT2D eigenvalue weighted by Crippen LogP contribution is -2.57. The first-order valence-electron chi connectivity index (χ1n) is 8.39. The van der Waals surface area contributed by atoms with Crippen molar-refractivity contribution >= 4 is 5.91 Å². The molecule has 0 radical (unpaired) electrons. The van der Waals surface area contributed by atoms with Crippen molar-refractivity contribution in [2.45, 2.75) is 32.9 Å². The molecule has 1 aliphatic rings. The molecule has 2 rings (SSSR count). The molecule has 1 N–H and O–H groups in total. The smallest absolute Gasteiger partial charge is 0.237 e. The zero-order chi connectivity index (χ0) is 16.8. The van der Waals surface area contributed by atoms with Crippen LogP contribution in [0.4, 0.5) is 0 Å². The minimum absolute atomic E-state index is 0.0780. The number of hydrogen-bond acceptors (Lipinski definition) is 4. The third-order valence-corrected chi connectivity index (χ3v) is 4.42. The number of nitrogens with one attached hydrogen (secondary N) is 1. The molecule has 1 aromatic carbocycles. The number of likely N-dealkylation sites (N-methyl/N-ethyl adjacent to an activating group) is 1. The standard InChI is InChI=1S/C18H29N3O2/c1-14-6-5-7-17(12-14)23-11-8-19-18(22)16(3)21-10-9-20(4)13-15(21)2/h5-7,12,15-16H,8-11,13H2,1-4H3,(H,19,22)/t15-,16+/m1/s1. The van der Waals surface area contributed by atoms with E-state index >= 15 is 0 Å². The Balaban J connectivity index is 1.72. The van der Waals surface area contributed by atoms with Gasteiger partial charge in [0, 0.05) is 25.7 Å². The van der Waals surface area contributed by atoms with Gasteiger partial charge >= 0.3 is 0 Å². The summed E-state index contributed by atoms with van der Waals surface area (Å²) in [5.74, 6) is 0.925. The first kappa shape index (κ1) is 17.8. The molecular weight excluding hydrogens is 290 g/mol. The predicted molar refractivity (Wildman–Crippen MR) is 92.8 cm³/mol. The third kappa shape index (κ3) is 5.22. The maximum Gasteiger partial charge on any atom is 0.237 e. The molecule has 0 unspecified atom stereocenters. The Labute approximate surface area is 139 Å². The summed E-state index contributed by atoms with van der Waals surface area (Å²) in [7, 11) is 2.13. The van der Waals surface area contributed by atoms with E-state index in [-0.39, 0.29) is 11.9 Å². The number of carbonyl (C=O) groups excluding carboxylic acids is 1. The molecule has 1 saturated heterocycles. The molecule has 23 heavy (non-hydrogen) atoms. The van der Waals surface area contributed by atoms with Crippen molar-refractivity contribution < 1.29 is 9.53 Å². The summed E-state index contributed by atoms with van der Waals surface area (Å²) >= 11 is 0. The second-order valence-electron chi connectivity index (χ2n) is 6.48. The molecule has 1 aliphatic heterocycles. The van der Waals surface area contributed by atoms with Gasteiger partial charge in [0.05, 0.1) is 12.6 Å². The van der Waals surface area contributed by atoms with Crippen LogP contribution in [0.1, 0.15) is 19.4 Å². The van der Waals surface area contributed by atoms with Gasteiger partial charge in [-0.1, -0.05) is 12.1 Å². The van der Waals surface area contributed by atoms with Crippen molar-refractivity contribution in [2.75, 3.05) is 39.8 Å². The van der Waals surface area contributed by atoms with Crippen molar-refractivity contribution in [1.29, 1.82) is 0 Å². The average molecular weight is 319 g/mol. The minimum atomic E-state index is -0.0994. The van der Waals surface area contributed by atoms with E-state index < -0.39 is 0 Å². The number of ether oxygens (including phenoxy) is 1. The number of hydrogen-bond donors (Lipinski definition) is 1. The summed E-state index contributed by atoms with van der Waals surface area (Å²) in [6.07, 6.45) is 0. The van der Waals surface area contributed by atoms with Crippen LogP contribution >= 0.6 is 0 Å². The molecule has 1 amide bonds. The highest BCUT2D eigenvalue weighted by atomic mass is 16.5. The summed E-state index contributed by atoms with van der Waals surface area (Å²) in [5, 5.41) is 2.98.